The van der Waals surface area contributed by atoms with E-state index in [1.165, 1.54) is 11.8 Å². The fourth-order valence-corrected chi connectivity index (χ4v) is 5.05. The van der Waals surface area contributed by atoms with Crippen molar-refractivity contribution >= 4 is 35.1 Å². The molecule has 1 aliphatic heterocycles. The minimum absolute atomic E-state index is 0.0336. The van der Waals surface area contributed by atoms with Crippen molar-refractivity contribution in [3.8, 4) is 0 Å². The molecular formula is C20H25N3O3S2. The Bertz CT molecular complexity index is 943. The van der Waals surface area contributed by atoms with Gasteiger partial charge in [0.2, 0.25) is 5.91 Å². The Balaban J connectivity index is 1.75. The van der Waals surface area contributed by atoms with Crippen molar-refractivity contribution in [1.82, 2.24) is 9.55 Å². The van der Waals surface area contributed by atoms with E-state index in [1.807, 2.05) is 32.0 Å². The summed E-state index contributed by atoms with van der Waals surface area (Å²) in [5.74, 6) is 0.0709. The first-order chi connectivity index (χ1) is 13.4. The van der Waals surface area contributed by atoms with Crippen LogP contribution >= 0.6 is 23.5 Å². The highest BCUT2D eigenvalue weighted by atomic mass is 32.2. The molecule has 0 aliphatic carbocycles. The molecule has 28 heavy (non-hydrogen) atoms. The van der Waals surface area contributed by atoms with E-state index >= 15 is 0 Å². The molecule has 0 spiro atoms. The van der Waals surface area contributed by atoms with Gasteiger partial charge in [-0.25, -0.2) is 4.98 Å². The third-order valence-corrected chi connectivity index (χ3v) is 6.66. The fraction of sp³-hybridized carbons (Fsp3) is 0.450. The second-order valence-electron chi connectivity index (χ2n) is 6.91. The molecule has 0 fully saturated rings. The van der Waals surface area contributed by atoms with Crippen LogP contribution in [0.5, 0.6) is 0 Å². The average molecular weight is 420 g/mol. The summed E-state index contributed by atoms with van der Waals surface area (Å²) in [6.45, 7) is 6.93. The molecule has 2 heterocycles. The van der Waals surface area contributed by atoms with Crippen LogP contribution in [-0.2, 0) is 22.5 Å². The molecule has 6 nitrogen and oxygen atoms in total. The quantitative estimate of drug-likeness (QED) is 0.548. The number of amides is 1. The van der Waals surface area contributed by atoms with Crippen LogP contribution in [0, 0.1) is 13.8 Å². The number of hydrogen-bond acceptors (Lipinski definition) is 6. The van der Waals surface area contributed by atoms with E-state index in [2.05, 4.69) is 12.2 Å². The highest BCUT2D eigenvalue weighted by Gasteiger charge is 2.26. The van der Waals surface area contributed by atoms with Crippen LogP contribution in [0.2, 0.25) is 0 Å². The van der Waals surface area contributed by atoms with Gasteiger partial charge in [0, 0.05) is 24.5 Å². The third-order valence-electron chi connectivity index (χ3n) is 4.47. The fourth-order valence-electron chi connectivity index (χ4n) is 3.09. The van der Waals surface area contributed by atoms with E-state index in [1.54, 1.807) is 23.4 Å². The summed E-state index contributed by atoms with van der Waals surface area (Å²) in [6.07, 6.45) is 0.780. The molecule has 0 bridgehead atoms. The summed E-state index contributed by atoms with van der Waals surface area (Å²) in [6, 6.07) is 5.92. The van der Waals surface area contributed by atoms with Gasteiger partial charge < -0.3 is 10.1 Å². The highest BCUT2D eigenvalue weighted by Crippen LogP contribution is 2.34. The van der Waals surface area contributed by atoms with Crippen molar-refractivity contribution in [2.45, 2.75) is 49.0 Å². The molecule has 2 aromatic rings. The second kappa shape index (κ2) is 9.15. The Morgan fingerprint density at radius 2 is 2.21 bits per heavy atom. The second-order valence-corrected chi connectivity index (χ2v) is 9.30. The van der Waals surface area contributed by atoms with E-state index in [-0.39, 0.29) is 17.2 Å². The maximum Gasteiger partial charge on any atom is 0.268 e. The minimum Gasteiger partial charge on any atom is -0.383 e. The largest absolute Gasteiger partial charge is 0.383 e. The van der Waals surface area contributed by atoms with Gasteiger partial charge in [0.15, 0.2) is 5.16 Å². The minimum atomic E-state index is -0.118. The molecule has 1 aromatic heterocycles. The van der Waals surface area contributed by atoms with Crippen LogP contribution in [0.1, 0.15) is 23.7 Å². The Morgan fingerprint density at radius 3 is 2.93 bits per heavy atom. The maximum absolute atomic E-state index is 12.9. The SMILES string of the molecule is COCCn1c(SCC(=O)Nc2ccc(C)cc2C)nc2c(c1=O)S[C@@H](C)C2. The van der Waals surface area contributed by atoms with Gasteiger partial charge in [-0.05, 0) is 25.5 Å². The van der Waals surface area contributed by atoms with E-state index in [4.69, 9.17) is 9.72 Å². The molecule has 8 heteroatoms. The number of carbonyl (C=O) groups is 1. The number of aryl methyl sites for hydroxylation is 2. The van der Waals surface area contributed by atoms with Gasteiger partial charge in [-0.2, -0.15) is 0 Å². The van der Waals surface area contributed by atoms with Gasteiger partial charge in [0.1, 0.15) is 0 Å². The van der Waals surface area contributed by atoms with Gasteiger partial charge in [-0.1, -0.05) is 36.4 Å². The van der Waals surface area contributed by atoms with Crippen LogP contribution in [0.25, 0.3) is 0 Å². The predicted octanol–water partition coefficient (Wildman–Crippen LogP) is 3.27. The molecule has 3 rings (SSSR count). The van der Waals surface area contributed by atoms with E-state index in [0.29, 0.717) is 23.6 Å². The summed E-state index contributed by atoms with van der Waals surface area (Å²) >= 11 is 2.87. The monoisotopic (exact) mass is 419 g/mol. The number of nitrogens with one attached hydrogen (secondary N) is 1. The number of ether oxygens (including phenoxy) is 1. The molecule has 0 radical (unpaired) electrons. The van der Waals surface area contributed by atoms with E-state index in [9.17, 15) is 9.59 Å². The Morgan fingerprint density at radius 1 is 1.43 bits per heavy atom. The Hall–Kier alpha value is -1.77. The van der Waals surface area contributed by atoms with Gasteiger partial charge in [0.25, 0.3) is 5.56 Å². The van der Waals surface area contributed by atoms with Crippen molar-refractivity contribution in [3.05, 3.63) is 45.4 Å². The number of benzene rings is 1. The molecule has 1 N–H and O–H groups in total. The Labute approximate surface area is 173 Å². The standard InChI is InChI=1S/C20H25N3O3S2/c1-12-5-6-15(13(2)9-12)21-17(24)11-27-20-22-16-10-14(3)28-18(16)19(25)23(20)7-8-26-4/h5-6,9,14H,7-8,10-11H2,1-4H3,(H,21,24)/t14-/m0/s1. The van der Waals surface area contributed by atoms with Crippen LogP contribution in [0.15, 0.2) is 33.0 Å². The summed E-state index contributed by atoms with van der Waals surface area (Å²) in [7, 11) is 1.60. The Kier molecular flexibility index (Phi) is 6.85. The molecule has 1 aromatic carbocycles. The van der Waals surface area contributed by atoms with Gasteiger partial charge >= 0.3 is 0 Å². The summed E-state index contributed by atoms with van der Waals surface area (Å²) in [4.78, 5) is 30.7. The average Bonchev–Trinajstić information content (AvgIpc) is 3.02. The lowest BCUT2D eigenvalue weighted by Crippen LogP contribution is -2.27. The van der Waals surface area contributed by atoms with Crippen molar-refractivity contribution in [2.75, 3.05) is 24.8 Å². The number of aromatic nitrogens is 2. The highest BCUT2D eigenvalue weighted by molar-refractivity contribution is 8.00. The molecule has 1 atom stereocenters. The first-order valence-electron chi connectivity index (χ1n) is 9.18. The number of methoxy groups -OCH3 is 1. The van der Waals surface area contributed by atoms with Crippen molar-refractivity contribution < 1.29 is 9.53 Å². The number of anilines is 1. The summed E-state index contributed by atoms with van der Waals surface area (Å²) < 4.78 is 6.77. The lowest BCUT2D eigenvalue weighted by Gasteiger charge is -2.13. The van der Waals surface area contributed by atoms with E-state index in [0.717, 1.165) is 33.8 Å². The third kappa shape index (κ3) is 4.79. The molecule has 1 aliphatic rings. The van der Waals surface area contributed by atoms with Crippen molar-refractivity contribution in [3.63, 3.8) is 0 Å². The van der Waals surface area contributed by atoms with Crippen LogP contribution in [0.3, 0.4) is 0 Å². The van der Waals surface area contributed by atoms with Crippen LogP contribution in [0.4, 0.5) is 5.69 Å². The molecule has 150 valence electrons. The molecule has 1 amide bonds. The molecule has 0 saturated carbocycles. The van der Waals surface area contributed by atoms with Crippen LogP contribution < -0.4 is 10.9 Å². The number of fused-ring (bicyclic) bond motifs is 1. The lowest BCUT2D eigenvalue weighted by molar-refractivity contribution is -0.113. The van der Waals surface area contributed by atoms with Gasteiger partial charge in [-0.15, -0.1) is 11.8 Å². The van der Waals surface area contributed by atoms with Crippen LogP contribution in [-0.4, -0.2) is 40.2 Å². The molecular weight excluding hydrogens is 394 g/mol. The number of nitrogens with zero attached hydrogens (tertiary/aromatic N) is 2. The number of thioether (sulfide) groups is 2. The topological polar surface area (TPSA) is 73.2 Å². The first kappa shape index (κ1) is 21.0. The lowest BCUT2D eigenvalue weighted by atomic mass is 10.1. The van der Waals surface area contributed by atoms with Gasteiger partial charge in [-0.3, -0.25) is 14.2 Å². The van der Waals surface area contributed by atoms with Crippen molar-refractivity contribution in [1.29, 1.82) is 0 Å². The first-order valence-corrected chi connectivity index (χ1v) is 11.0. The predicted molar refractivity (Wildman–Crippen MR) is 115 cm³/mol. The molecule has 0 saturated heterocycles. The summed E-state index contributed by atoms with van der Waals surface area (Å²) in [5.41, 5.74) is 3.79. The number of rotatable bonds is 7. The summed E-state index contributed by atoms with van der Waals surface area (Å²) in [5, 5.41) is 3.86. The number of hydrogen-bond donors (Lipinski definition) is 1. The zero-order valence-electron chi connectivity index (χ0n) is 16.6. The number of carbonyl (C=O) groups excluding carboxylic acids is 1. The zero-order chi connectivity index (χ0) is 20.3. The normalized spacial score (nSPS) is 15.5. The zero-order valence-corrected chi connectivity index (χ0v) is 18.2. The van der Waals surface area contributed by atoms with E-state index < -0.39 is 0 Å². The smallest absolute Gasteiger partial charge is 0.268 e. The maximum atomic E-state index is 12.9. The van der Waals surface area contributed by atoms with Crippen molar-refractivity contribution in [2.24, 2.45) is 0 Å². The molecule has 0 unspecified atom stereocenters. The van der Waals surface area contributed by atoms with Gasteiger partial charge in [0.05, 0.1) is 29.5 Å².